The molecule has 0 aromatic rings. The number of aliphatic hydroxyl groups excluding tert-OH is 1. The van der Waals surface area contributed by atoms with E-state index in [-0.39, 0.29) is 25.6 Å². The molecule has 0 amide bonds. The topological polar surface area (TPSA) is 102 Å². The van der Waals surface area contributed by atoms with Gasteiger partial charge in [0.15, 0.2) is 17.7 Å². The number of carbonyl (C=O) groups is 2. The molecule has 0 aromatic carbocycles. The number of hydrogen-bond donors (Lipinski definition) is 2. The van der Waals surface area contributed by atoms with E-state index in [1.807, 2.05) is 6.92 Å². The minimum absolute atomic E-state index is 0.0979. The summed E-state index contributed by atoms with van der Waals surface area (Å²) in [5.41, 5.74) is -0.902. The number of cyclic esters (lactones) is 1. The van der Waals surface area contributed by atoms with Gasteiger partial charge >= 0.3 is 5.97 Å². The van der Waals surface area contributed by atoms with Crippen molar-refractivity contribution in [2.24, 2.45) is 17.3 Å². The van der Waals surface area contributed by atoms with E-state index in [2.05, 4.69) is 0 Å². The Bertz CT molecular complexity index is 567. The first kappa shape index (κ1) is 16.6. The molecule has 3 aliphatic rings. The van der Waals surface area contributed by atoms with Crippen LogP contribution in [0, 0.1) is 17.3 Å². The van der Waals surface area contributed by atoms with E-state index in [1.165, 1.54) is 14.0 Å². The number of fused-ring (bicyclic) bond motifs is 2. The lowest BCUT2D eigenvalue weighted by Gasteiger charge is -2.48. The van der Waals surface area contributed by atoms with E-state index in [0.717, 1.165) is 0 Å². The molecular weight excluding hydrogens is 304 g/mol. The van der Waals surface area contributed by atoms with E-state index in [0.29, 0.717) is 5.57 Å². The van der Waals surface area contributed by atoms with Gasteiger partial charge in [0.2, 0.25) is 0 Å². The van der Waals surface area contributed by atoms with Gasteiger partial charge in [-0.15, -0.1) is 0 Å². The number of aliphatic hydroxyl groups is 2. The first-order valence-corrected chi connectivity index (χ1v) is 7.73. The fourth-order valence-corrected chi connectivity index (χ4v) is 4.37. The van der Waals surface area contributed by atoms with Crippen LogP contribution in [0.1, 0.15) is 20.3 Å². The van der Waals surface area contributed by atoms with Gasteiger partial charge in [0.25, 0.3) is 0 Å². The smallest absolute Gasteiger partial charge is 0.335 e. The van der Waals surface area contributed by atoms with Gasteiger partial charge in [-0.2, -0.15) is 0 Å². The third-order valence-electron chi connectivity index (χ3n) is 5.51. The van der Waals surface area contributed by atoms with Crippen LogP contribution in [0.15, 0.2) is 11.6 Å². The standard InChI is InChI=1S/C16H22O7/c1-8-6-22-14(19)12-10(8)16(15(2,20)23-12)5-4-9(7-21-3)11(17)13(16)18/h4,8,10,12-13,18,20H,5-7H2,1-3H3/t8-,10?,12?,13+,15-,16+/m0/s1. The molecule has 2 fully saturated rings. The number of rotatable bonds is 2. The normalized spacial score (nSPS) is 46.6. The number of Topliss-reactive ketones (excluding diaryl/α,β-unsaturated/α-hetero) is 1. The summed E-state index contributed by atoms with van der Waals surface area (Å²) in [6.07, 6.45) is -0.542. The van der Waals surface area contributed by atoms with E-state index in [1.54, 1.807) is 6.08 Å². The lowest BCUT2D eigenvalue weighted by atomic mass is 9.57. The molecule has 7 heteroatoms. The average molecular weight is 326 g/mol. The Labute approximate surface area is 134 Å². The molecule has 2 unspecified atom stereocenters. The lowest BCUT2D eigenvalue weighted by Crippen LogP contribution is -2.60. The van der Waals surface area contributed by atoms with Crippen molar-refractivity contribution in [1.29, 1.82) is 0 Å². The highest BCUT2D eigenvalue weighted by Gasteiger charge is 2.71. The summed E-state index contributed by atoms with van der Waals surface area (Å²) in [5, 5.41) is 21.6. The van der Waals surface area contributed by atoms with E-state index in [9.17, 15) is 19.8 Å². The van der Waals surface area contributed by atoms with Crippen LogP contribution in [0.25, 0.3) is 0 Å². The van der Waals surface area contributed by atoms with Crippen LogP contribution in [0.2, 0.25) is 0 Å². The summed E-state index contributed by atoms with van der Waals surface area (Å²) in [6.45, 7) is 3.54. The maximum Gasteiger partial charge on any atom is 0.335 e. The molecule has 1 aliphatic carbocycles. The molecule has 2 saturated heterocycles. The maximum absolute atomic E-state index is 12.5. The first-order valence-electron chi connectivity index (χ1n) is 7.73. The first-order chi connectivity index (χ1) is 10.8. The number of ketones is 1. The number of ether oxygens (including phenoxy) is 3. The van der Waals surface area contributed by atoms with Crippen molar-refractivity contribution in [3.05, 3.63) is 11.6 Å². The zero-order chi connectivity index (χ0) is 17.0. The predicted octanol–water partition coefficient (Wildman–Crippen LogP) is -0.204. The quantitative estimate of drug-likeness (QED) is 0.677. The van der Waals surface area contributed by atoms with Crippen molar-refractivity contribution < 1.29 is 34.0 Å². The summed E-state index contributed by atoms with van der Waals surface area (Å²) in [4.78, 5) is 24.6. The molecule has 1 spiro atoms. The lowest BCUT2D eigenvalue weighted by molar-refractivity contribution is -0.248. The highest BCUT2D eigenvalue weighted by atomic mass is 16.7. The molecule has 6 atom stereocenters. The van der Waals surface area contributed by atoms with Crippen molar-refractivity contribution >= 4 is 11.8 Å². The predicted molar refractivity (Wildman–Crippen MR) is 77.1 cm³/mol. The molecule has 3 rings (SSSR count). The fraction of sp³-hybridized carbons (Fsp3) is 0.750. The van der Waals surface area contributed by atoms with Gasteiger partial charge in [0, 0.05) is 18.6 Å². The van der Waals surface area contributed by atoms with Crippen molar-refractivity contribution in [3.8, 4) is 0 Å². The van der Waals surface area contributed by atoms with Crippen LogP contribution in [-0.4, -0.2) is 60.3 Å². The van der Waals surface area contributed by atoms with Gasteiger partial charge in [0.05, 0.1) is 18.6 Å². The second-order valence-electron chi connectivity index (χ2n) is 6.83. The second-order valence-corrected chi connectivity index (χ2v) is 6.83. The Balaban J connectivity index is 2.08. The molecule has 23 heavy (non-hydrogen) atoms. The fourth-order valence-electron chi connectivity index (χ4n) is 4.37. The van der Waals surface area contributed by atoms with Crippen LogP contribution >= 0.6 is 0 Å². The van der Waals surface area contributed by atoms with Gasteiger partial charge in [-0.05, 0) is 19.3 Å². The number of hydrogen-bond acceptors (Lipinski definition) is 7. The summed E-state index contributed by atoms with van der Waals surface area (Å²) >= 11 is 0. The van der Waals surface area contributed by atoms with Crippen molar-refractivity contribution in [2.75, 3.05) is 20.3 Å². The molecule has 7 nitrogen and oxygen atoms in total. The third kappa shape index (κ3) is 2.11. The van der Waals surface area contributed by atoms with E-state index < -0.39 is 41.1 Å². The van der Waals surface area contributed by atoms with Gasteiger partial charge in [-0.3, -0.25) is 4.79 Å². The minimum Gasteiger partial charge on any atom is -0.463 e. The summed E-state index contributed by atoms with van der Waals surface area (Å²) < 4.78 is 15.6. The number of esters is 1. The SMILES string of the molecule is COCC1=CC[C@@]2(C3C(O[C@]2(C)O)C(=O)OC[C@@H]3C)[C@H](O)C1=O. The van der Waals surface area contributed by atoms with Gasteiger partial charge in [-0.25, -0.2) is 4.79 Å². The Hall–Kier alpha value is -1.28. The largest absolute Gasteiger partial charge is 0.463 e. The minimum atomic E-state index is -1.82. The number of carbonyl (C=O) groups excluding carboxylic acids is 2. The average Bonchev–Trinajstić information content (AvgIpc) is 2.73. The van der Waals surface area contributed by atoms with Crippen LogP contribution < -0.4 is 0 Å². The molecule has 128 valence electrons. The summed E-state index contributed by atoms with van der Waals surface area (Å²) in [7, 11) is 1.47. The zero-order valence-corrected chi connectivity index (χ0v) is 13.4. The van der Waals surface area contributed by atoms with Crippen LogP contribution in [-0.2, 0) is 23.8 Å². The summed E-state index contributed by atoms with van der Waals surface area (Å²) in [6, 6.07) is 0. The van der Waals surface area contributed by atoms with Crippen LogP contribution in [0.4, 0.5) is 0 Å². The van der Waals surface area contributed by atoms with Crippen molar-refractivity contribution in [1.82, 2.24) is 0 Å². The van der Waals surface area contributed by atoms with E-state index in [4.69, 9.17) is 14.2 Å². The Kier molecular flexibility index (Phi) is 3.87. The Morgan fingerprint density at radius 2 is 2.13 bits per heavy atom. The molecule has 2 heterocycles. The maximum atomic E-state index is 12.5. The molecule has 0 bridgehead atoms. The molecule has 0 radical (unpaired) electrons. The molecule has 2 aliphatic heterocycles. The summed E-state index contributed by atoms with van der Waals surface area (Å²) in [5.74, 6) is -3.51. The number of methoxy groups -OCH3 is 1. The van der Waals surface area contributed by atoms with Crippen molar-refractivity contribution in [3.63, 3.8) is 0 Å². The molecular formula is C16H22O7. The monoisotopic (exact) mass is 326 g/mol. The Morgan fingerprint density at radius 3 is 2.78 bits per heavy atom. The van der Waals surface area contributed by atoms with Crippen molar-refractivity contribution in [2.45, 2.75) is 38.3 Å². The van der Waals surface area contributed by atoms with Gasteiger partial charge in [0.1, 0.15) is 6.10 Å². The van der Waals surface area contributed by atoms with Gasteiger partial charge < -0.3 is 24.4 Å². The highest BCUT2D eigenvalue weighted by molar-refractivity contribution is 6.00. The Morgan fingerprint density at radius 1 is 1.43 bits per heavy atom. The van der Waals surface area contributed by atoms with Gasteiger partial charge in [-0.1, -0.05) is 13.0 Å². The zero-order valence-electron chi connectivity index (χ0n) is 13.4. The molecule has 2 N–H and O–H groups in total. The second kappa shape index (κ2) is 5.37. The van der Waals surface area contributed by atoms with Crippen LogP contribution in [0.5, 0.6) is 0 Å². The molecule has 0 aromatic heterocycles. The third-order valence-corrected chi connectivity index (χ3v) is 5.51. The van der Waals surface area contributed by atoms with Crippen LogP contribution in [0.3, 0.4) is 0 Å². The molecule has 0 saturated carbocycles. The van der Waals surface area contributed by atoms with E-state index >= 15 is 0 Å². The highest BCUT2D eigenvalue weighted by Crippen LogP contribution is 2.59. The number of allylic oxidation sites excluding steroid dienone is 1.